The molecule has 2 aliphatic rings. The van der Waals surface area contributed by atoms with E-state index < -0.39 is 34.4 Å². The van der Waals surface area contributed by atoms with Crippen LogP contribution in [0.1, 0.15) is 28.1 Å². The van der Waals surface area contributed by atoms with E-state index in [1.54, 1.807) is 6.07 Å². The predicted molar refractivity (Wildman–Crippen MR) is 92.4 cm³/mol. The number of aryl methyl sites for hydroxylation is 1. The third-order valence-electron chi connectivity index (χ3n) is 4.63. The van der Waals surface area contributed by atoms with E-state index in [9.17, 15) is 22.9 Å². The Morgan fingerprint density at radius 3 is 2.55 bits per heavy atom. The van der Waals surface area contributed by atoms with Crippen molar-refractivity contribution in [2.45, 2.75) is 19.0 Å². The van der Waals surface area contributed by atoms with E-state index in [2.05, 4.69) is 4.28 Å². The van der Waals surface area contributed by atoms with Crippen LogP contribution in [0.25, 0.3) is 10.4 Å². The van der Waals surface area contributed by atoms with E-state index >= 15 is 0 Å². The van der Waals surface area contributed by atoms with Gasteiger partial charge in [-0.2, -0.15) is 9.35 Å². The fourth-order valence-corrected chi connectivity index (χ4v) is 5.28. The third kappa shape index (κ3) is 4.45. The van der Waals surface area contributed by atoms with E-state index in [-0.39, 0.29) is 65.7 Å². The van der Waals surface area contributed by atoms with Crippen molar-refractivity contribution in [3.63, 3.8) is 0 Å². The van der Waals surface area contributed by atoms with Crippen molar-refractivity contribution in [2.75, 3.05) is 6.54 Å². The van der Waals surface area contributed by atoms with Crippen molar-refractivity contribution in [1.82, 2.24) is 9.96 Å². The SMILES string of the molecule is Cc1ccccc1-c1cc2c(s1)[C@@H](C(=N)[O-])N1C[C@H]2N(OS(=O)(=O)[O-])C1=O.[Na+].[Na+]. The summed E-state index contributed by atoms with van der Waals surface area (Å²) >= 11 is 1.26. The number of benzene rings is 1. The van der Waals surface area contributed by atoms with Crippen LogP contribution in [0.2, 0.25) is 0 Å². The first kappa shape index (κ1) is 24.8. The number of carbonyl (C=O) groups excluding carboxylic acids is 1. The molecule has 2 atom stereocenters. The minimum atomic E-state index is -5.17. The largest absolute Gasteiger partial charge is 1.00 e. The number of nitrogens with one attached hydrogen (secondary N) is 1. The first-order valence-corrected chi connectivity index (χ1v) is 10.0. The van der Waals surface area contributed by atoms with E-state index in [0.717, 1.165) is 20.9 Å². The third-order valence-corrected chi connectivity index (χ3v) is 6.21. The van der Waals surface area contributed by atoms with Crippen LogP contribution in [0.4, 0.5) is 4.79 Å². The molecule has 1 aromatic heterocycles. The van der Waals surface area contributed by atoms with Crippen molar-refractivity contribution >= 4 is 33.7 Å². The Morgan fingerprint density at radius 1 is 1.31 bits per heavy atom. The Hall–Kier alpha value is -0.470. The molecule has 142 valence electrons. The first-order chi connectivity index (χ1) is 12.7. The minimum Gasteiger partial charge on any atom is -0.860 e. The first-order valence-electron chi connectivity index (χ1n) is 7.87. The van der Waals surface area contributed by atoms with Crippen LogP contribution in [-0.2, 0) is 14.7 Å². The van der Waals surface area contributed by atoms with Crippen LogP contribution < -0.4 is 64.2 Å². The average molecular weight is 453 g/mol. The number of fused-ring (bicyclic) bond motifs is 4. The molecule has 1 N–H and O–H groups in total. The molecule has 0 spiro atoms. The maximum absolute atomic E-state index is 12.4. The summed E-state index contributed by atoms with van der Waals surface area (Å²) in [6.07, 6.45) is 0. The second kappa shape index (κ2) is 8.95. The molecule has 2 amide bonds. The maximum Gasteiger partial charge on any atom is 1.00 e. The van der Waals surface area contributed by atoms with Crippen LogP contribution in [0.5, 0.6) is 0 Å². The molecule has 3 heterocycles. The molecule has 0 unspecified atom stereocenters. The molecular weight excluding hydrogens is 440 g/mol. The van der Waals surface area contributed by atoms with Gasteiger partial charge in [-0.15, -0.1) is 11.3 Å². The summed E-state index contributed by atoms with van der Waals surface area (Å²) in [5, 5.41) is 20.0. The topological polar surface area (TPSA) is 137 Å². The number of hydroxylamine groups is 2. The molecule has 0 aliphatic carbocycles. The van der Waals surface area contributed by atoms with E-state index in [1.807, 2.05) is 31.2 Å². The number of urea groups is 1. The molecule has 0 saturated carbocycles. The molecule has 1 fully saturated rings. The van der Waals surface area contributed by atoms with E-state index in [0.29, 0.717) is 15.5 Å². The molecule has 2 bridgehead atoms. The Morgan fingerprint density at radius 2 is 1.97 bits per heavy atom. The maximum atomic E-state index is 12.4. The van der Waals surface area contributed by atoms with E-state index in [1.165, 1.54) is 11.3 Å². The van der Waals surface area contributed by atoms with Gasteiger partial charge in [-0.05, 0) is 35.6 Å². The smallest absolute Gasteiger partial charge is 0.860 e. The van der Waals surface area contributed by atoms with Gasteiger partial charge in [0.15, 0.2) is 0 Å². The van der Waals surface area contributed by atoms with E-state index in [4.69, 9.17) is 5.41 Å². The van der Waals surface area contributed by atoms with Crippen molar-refractivity contribution in [3.8, 4) is 10.4 Å². The average Bonchev–Trinajstić information content (AvgIpc) is 3.11. The van der Waals surface area contributed by atoms with Crippen molar-refractivity contribution < 1.29 is 86.3 Å². The number of rotatable bonds is 4. The Balaban J connectivity index is 0.00000150. The molecule has 2 aliphatic heterocycles. The summed E-state index contributed by atoms with van der Waals surface area (Å²) in [4.78, 5) is 14.8. The van der Waals surface area contributed by atoms with Gasteiger partial charge in [-0.25, -0.2) is 13.2 Å². The monoisotopic (exact) mass is 453 g/mol. The van der Waals surface area contributed by atoms with Crippen LogP contribution in [0, 0.1) is 12.3 Å². The van der Waals surface area contributed by atoms with Gasteiger partial charge >= 0.3 is 65.1 Å². The van der Waals surface area contributed by atoms with Gasteiger partial charge in [-0.1, -0.05) is 24.3 Å². The number of nitrogens with zero attached hydrogens (tertiary/aromatic N) is 2. The number of amides is 2. The van der Waals surface area contributed by atoms with Crippen molar-refractivity contribution in [3.05, 3.63) is 46.3 Å². The molecule has 4 rings (SSSR count). The minimum absolute atomic E-state index is 0. The van der Waals surface area contributed by atoms with Crippen LogP contribution in [0.15, 0.2) is 30.3 Å². The Kier molecular flexibility index (Phi) is 7.65. The van der Waals surface area contributed by atoms with Crippen LogP contribution in [-0.4, -0.2) is 41.4 Å². The zero-order valence-corrected chi connectivity index (χ0v) is 21.5. The summed E-state index contributed by atoms with van der Waals surface area (Å²) in [5.41, 5.74) is 2.44. The zero-order chi connectivity index (χ0) is 19.5. The number of carbonyl (C=O) groups is 1. The summed E-state index contributed by atoms with van der Waals surface area (Å²) < 4.78 is 37.4. The van der Waals surface area contributed by atoms with Crippen molar-refractivity contribution in [1.29, 1.82) is 5.41 Å². The molecule has 2 aromatic rings. The molecule has 29 heavy (non-hydrogen) atoms. The zero-order valence-electron chi connectivity index (χ0n) is 15.9. The summed E-state index contributed by atoms with van der Waals surface area (Å²) in [6.45, 7) is 1.89. The van der Waals surface area contributed by atoms with Gasteiger partial charge in [0.1, 0.15) is 6.04 Å². The number of hydrogen-bond acceptors (Lipinski definition) is 8. The molecule has 1 aromatic carbocycles. The quantitative estimate of drug-likeness (QED) is 0.162. The Labute approximate surface area is 215 Å². The van der Waals surface area contributed by atoms with Gasteiger partial charge < -0.3 is 20.0 Å². The number of thiophene rings is 1. The van der Waals surface area contributed by atoms with Gasteiger partial charge in [-0.3, -0.25) is 0 Å². The standard InChI is InChI=1S/C16H15N3O6S2.2Na/c1-8-4-2-3-5-9(8)12-6-10-11-7-18(13(15(17)20)14(10)26-12)16(21)19(11)25-27(22,23)24;;/h2-6,11,13H,7H2,1H3,(H2,17,20)(H,22,23,24);;/q;2*+1/p-2/t11-,13+;;/m1../s1. The number of hydrogen-bond donors (Lipinski definition) is 1. The fourth-order valence-electron chi connectivity index (χ4n) is 3.50. The summed E-state index contributed by atoms with van der Waals surface area (Å²) in [6, 6.07) is 6.42. The summed E-state index contributed by atoms with van der Waals surface area (Å²) in [5.74, 6) is -0.993. The van der Waals surface area contributed by atoms with Gasteiger partial charge in [0.2, 0.25) is 10.4 Å². The Bertz CT molecular complexity index is 1070. The van der Waals surface area contributed by atoms with Gasteiger partial charge in [0, 0.05) is 9.75 Å². The second-order valence-corrected chi connectivity index (χ2v) is 8.32. The molecular formula is C16H13N3Na2O6S2. The predicted octanol–water partition coefficient (Wildman–Crippen LogP) is -4.71. The fraction of sp³-hybridized carbons (Fsp3) is 0.250. The molecule has 1 saturated heterocycles. The van der Waals surface area contributed by atoms with Gasteiger partial charge in [0.05, 0.1) is 12.6 Å². The van der Waals surface area contributed by atoms with Gasteiger partial charge in [0.25, 0.3) is 0 Å². The second-order valence-electron chi connectivity index (χ2n) is 6.27. The molecule has 0 radical (unpaired) electrons. The normalized spacial score (nSPS) is 20.0. The molecule has 9 nitrogen and oxygen atoms in total. The molecule has 13 heteroatoms. The van der Waals surface area contributed by atoms with Crippen molar-refractivity contribution in [2.24, 2.45) is 0 Å². The van der Waals surface area contributed by atoms with Crippen LogP contribution in [0.3, 0.4) is 0 Å². The van der Waals surface area contributed by atoms with Crippen LogP contribution >= 0.6 is 11.3 Å². The summed E-state index contributed by atoms with van der Waals surface area (Å²) in [7, 11) is -5.17.